The van der Waals surface area contributed by atoms with Crippen molar-refractivity contribution in [3.8, 4) is 0 Å². The number of hydrogen-bond donors (Lipinski definition) is 1. The highest BCUT2D eigenvalue weighted by atomic mass is 16.1. The van der Waals surface area contributed by atoms with E-state index in [1.165, 1.54) is 5.69 Å². The first kappa shape index (κ1) is 13.1. The number of rotatable bonds is 2. The maximum atomic E-state index is 11.3. The smallest absolute Gasteiger partial charge is 0.159 e. The fraction of sp³-hybridized carbons (Fsp3) is 0.533. The Balaban J connectivity index is 2.16. The lowest BCUT2D eigenvalue weighted by molar-refractivity contribution is 0.101. The van der Waals surface area contributed by atoms with Crippen LogP contribution in [0.5, 0.6) is 0 Å². The molecule has 2 atom stereocenters. The molecule has 1 heterocycles. The van der Waals surface area contributed by atoms with Gasteiger partial charge in [-0.15, -0.1) is 0 Å². The van der Waals surface area contributed by atoms with Crippen LogP contribution in [0.2, 0.25) is 0 Å². The van der Waals surface area contributed by atoms with Gasteiger partial charge in [0.25, 0.3) is 0 Å². The van der Waals surface area contributed by atoms with Crippen molar-refractivity contribution < 1.29 is 4.79 Å². The largest absolute Gasteiger partial charge is 0.367 e. The van der Waals surface area contributed by atoms with Crippen molar-refractivity contribution in [3.63, 3.8) is 0 Å². The van der Waals surface area contributed by atoms with Gasteiger partial charge >= 0.3 is 0 Å². The van der Waals surface area contributed by atoms with E-state index in [9.17, 15) is 4.79 Å². The van der Waals surface area contributed by atoms with Gasteiger partial charge in [-0.25, -0.2) is 0 Å². The number of nitrogens with one attached hydrogen (secondary N) is 1. The Hall–Kier alpha value is -1.35. The zero-order valence-corrected chi connectivity index (χ0v) is 11.4. The molecular formula is C15H22N2O. The summed E-state index contributed by atoms with van der Waals surface area (Å²) in [5, 5.41) is 3.53. The molecule has 1 aromatic rings. The molecule has 1 aliphatic rings. The van der Waals surface area contributed by atoms with Crippen LogP contribution in [0.15, 0.2) is 24.3 Å². The molecule has 0 amide bonds. The first-order valence-electron chi connectivity index (χ1n) is 6.69. The minimum Gasteiger partial charge on any atom is -0.367 e. The molecule has 0 saturated carbocycles. The lowest BCUT2D eigenvalue weighted by atomic mass is 10.1. The molecule has 98 valence electrons. The molecule has 1 N–H and O–H groups in total. The van der Waals surface area contributed by atoms with Gasteiger partial charge in [0, 0.05) is 36.4 Å². The standard InChI is InChI=1S/C15H22N2O/c1-11-8-9-17(12(2)10-16-11)15-6-4-14(5-7-15)13(3)18/h4-7,11-12,16H,8-10H2,1-3H3. The summed E-state index contributed by atoms with van der Waals surface area (Å²) in [6.45, 7) is 8.15. The number of Topliss-reactive ketones (excluding diaryl/α,β-unsaturated/α-hetero) is 1. The van der Waals surface area contributed by atoms with Crippen molar-refractivity contribution in [1.82, 2.24) is 5.32 Å². The van der Waals surface area contributed by atoms with Crippen molar-refractivity contribution in [2.24, 2.45) is 0 Å². The number of benzene rings is 1. The minimum absolute atomic E-state index is 0.126. The second-order valence-corrected chi connectivity index (χ2v) is 5.24. The third-order valence-electron chi connectivity index (χ3n) is 3.70. The van der Waals surface area contributed by atoms with E-state index in [0.29, 0.717) is 12.1 Å². The van der Waals surface area contributed by atoms with E-state index in [4.69, 9.17) is 0 Å². The number of anilines is 1. The molecule has 1 aliphatic heterocycles. The highest BCUT2D eigenvalue weighted by Crippen LogP contribution is 2.20. The van der Waals surface area contributed by atoms with Crippen LogP contribution in [0.3, 0.4) is 0 Å². The average molecular weight is 246 g/mol. The lowest BCUT2D eigenvalue weighted by Gasteiger charge is -2.29. The molecule has 2 rings (SSSR count). The van der Waals surface area contributed by atoms with E-state index >= 15 is 0 Å². The van der Waals surface area contributed by atoms with E-state index in [-0.39, 0.29) is 5.78 Å². The SMILES string of the molecule is CC(=O)c1ccc(N2CCC(C)NCC2C)cc1. The summed E-state index contributed by atoms with van der Waals surface area (Å²) < 4.78 is 0. The second-order valence-electron chi connectivity index (χ2n) is 5.24. The average Bonchev–Trinajstić information content (AvgIpc) is 2.52. The molecule has 0 spiro atoms. The van der Waals surface area contributed by atoms with Crippen LogP contribution < -0.4 is 10.2 Å². The van der Waals surface area contributed by atoms with Crippen molar-refractivity contribution in [1.29, 1.82) is 0 Å². The Bertz CT molecular complexity index is 413. The molecule has 0 aromatic heterocycles. The first-order valence-corrected chi connectivity index (χ1v) is 6.69. The Labute approximate surface area is 109 Å². The quantitative estimate of drug-likeness (QED) is 0.814. The van der Waals surface area contributed by atoms with Crippen molar-refractivity contribution in [2.45, 2.75) is 39.3 Å². The van der Waals surface area contributed by atoms with Crippen molar-refractivity contribution >= 4 is 11.5 Å². The van der Waals surface area contributed by atoms with Gasteiger partial charge in [0.1, 0.15) is 0 Å². The van der Waals surface area contributed by atoms with Crippen LogP contribution in [0, 0.1) is 0 Å². The molecular weight excluding hydrogens is 224 g/mol. The monoisotopic (exact) mass is 246 g/mol. The summed E-state index contributed by atoms with van der Waals surface area (Å²) >= 11 is 0. The Kier molecular flexibility index (Phi) is 4.02. The molecule has 3 nitrogen and oxygen atoms in total. The van der Waals surface area contributed by atoms with E-state index in [1.54, 1.807) is 6.92 Å². The van der Waals surface area contributed by atoms with Crippen molar-refractivity contribution in [2.75, 3.05) is 18.0 Å². The topological polar surface area (TPSA) is 32.3 Å². The number of ketones is 1. The van der Waals surface area contributed by atoms with Gasteiger partial charge in [-0.3, -0.25) is 4.79 Å². The van der Waals surface area contributed by atoms with E-state index in [2.05, 4.69) is 36.2 Å². The summed E-state index contributed by atoms with van der Waals surface area (Å²) in [6, 6.07) is 9.03. The Morgan fingerprint density at radius 3 is 2.56 bits per heavy atom. The summed E-state index contributed by atoms with van der Waals surface area (Å²) in [5.41, 5.74) is 2.00. The third kappa shape index (κ3) is 2.91. The van der Waals surface area contributed by atoms with E-state index in [1.807, 2.05) is 12.1 Å². The molecule has 0 radical (unpaired) electrons. The molecule has 18 heavy (non-hydrogen) atoms. The van der Waals surface area contributed by atoms with Crippen LogP contribution in [0.1, 0.15) is 37.6 Å². The van der Waals surface area contributed by atoms with Crippen LogP contribution in [0.4, 0.5) is 5.69 Å². The Morgan fingerprint density at radius 1 is 1.28 bits per heavy atom. The van der Waals surface area contributed by atoms with Gasteiger partial charge in [0.15, 0.2) is 5.78 Å². The maximum Gasteiger partial charge on any atom is 0.159 e. The van der Waals surface area contributed by atoms with Gasteiger partial charge in [-0.05, 0) is 51.5 Å². The highest BCUT2D eigenvalue weighted by molar-refractivity contribution is 5.94. The van der Waals surface area contributed by atoms with Crippen molar-refractivity contribution in [3.05, 3.63) is 29.8 Å². The molecule has 3 heteroatoms. The first-order chi connectivity index (χ1) is 8.58. The predicted molar refractivity (Wildman–Crippen MR) is 75.3 cm³/mol. The normalized spacial score (nSPS) is 24.7. The fourth-order valence-electron chi connectivity index (χ4n) is 2.41. The minimum atomic E-state index is 0.126. The number of nitrogens with zero attached hydrogens (tertiary/aromatic N) is 1. The van der Waals surface area contributed by atoms with E-state index in [0.717, 1.165) is 25.1 Å². The molecule has 0 aliphatic carbocycles. The summed E-state index contributed by atoms with van der Waals surface area (Å²) in [5.74, 6) is 0.126. The molecule has 1 fully saturated rings. The fourth-order valence-corrected chi connectivity index (χ4v) is 2.41. The van der Waals surface area contributed by atoms with Crippen LogP contribution in [-0.2, 0) is 0 Å². The zero-order chi connectivity index (χ0) is 13.1. The number of carbonyl (C=O) groups excluding carboxylic acids is 1. The van der Waals surface area contributed by atoms with Crippen LogP contribution in [0.25, 0.3) is 0 Å². The van der Waals surface area contributed by atoms with Gasteiger partial charge < -0.3 is 10.2 Å². The highest BCUT2D eigenvalue weighted by Gasteiger charge is 2.19. The van der Waals surface area contributed by atoms with Gasteiger partial charge in [-0.2, -0.15) is 0 Å². The van der Waals surface area contributed by atoms with Crippen LogP contribution in [-0.4, -0.2) is 31.0 Å². The lowest BCUT2D eigenvalue weighted by Crippen LogP contribution is -2.37. The Morgan fingerprint density at radius 2 is 1.94 bits per heavy atom. The van der Waals surface area contributed by atoms with Crippen LogP contribution >= 0.6 is 0 Å². The molecule has 2 unspecified atom stereocenters. The number of hydrogen-bond acceptors (Lipinski definition) is 3. The van der Waals surface area contributed by atoms with E-state index < -0.39 is 0 Å². The molecule has 1 saturated heterocycles. The molecule has 0 bridgehead atoms. The number of carbonyl (C=O) groups is 1. The summed E-state index contributed by atoms with van der Waals surface area (Å²) in [7, 11) is 0. The molecule has 1 aromatic carbocycles. The summed E-state index contributed by atoms with van der Waals surface area (Å²) in [4.78, 5) is 13.7. The zero-order valence-electron chi connectivity index (χ0n) is 11.4. The third-order valence-corrected chi connectivity index (χ3v) is 3.70. The van der Waals surface area contributed by atoms with Gasteiger partial charge in [0.05, 0.1) is 0 Å². The summed E-state index contributed by atoms with van der Waals surface area (Å²) in [6.07, 6.45) is 1.15. The van der Waals surface area contributed by atoms with Gasteiger partial charge in [-0.1, -0.05) is 0 Å². The van der Waals surface area contributed by atoms with Gasteiger partial charge in [0.2, 0.25) is 0 Å². The second kappa shape index (κ2) is 5.53. The maximum absolute atomic E-state index is 11.3. The predicted octanol–water partition coefficient (Wildman–Crippen LogP) is 2.47.